The summed E-state index contributed by atoms with van der Waals surface area (Å²) >= 11 is 0. The number of hydrogen-bond acceptors (Lipinski definition) is 10. The van der Waals surface area contributed by atoms with Crippen LogP contribution in [0.15, 0.2) is 66.0 Å². The molecule has 0 amide bonds. The molecule has 0 aliphatic carbocycles. The highest BCUT2D eigenvalue weighted by Crippen LogP contribution is 2.36. The number of ether oxygens (including phenoxy) is 5. The zero-order valence-corrected chi connectivity index (χ0v) is 22.8. The molecule has 2 aromatic heterocycles. The Morgan fingerprint density at radius 1 is 0.927 bits per heavy atom. The minimum absolute atomic E-state index is 0.106. The Balaban J connectivity index is 1.46. The molecule has 0 saturated carbocycles. The van der Waals surface area contributed by atoms with Crippen LogP contribution in [-0.2, 0) is 23.7 Å². The molecule has 1 fully saturated rings. The second-order valence-electron chi connectivity index (χ2n) is 9.65. The molecule has 12 nitrogen and oxygen atoms in total. The summed E-state index contributed by atoms with van der Waals surface area (Å²) in [6.45, 7) is 4.01. The van der Waals surface area contributed by atoms with Crippen LogP contribution in [-0.4, -0.2) is 76.7 Å². The summed E-state index contributed by atoms with van der Waals surface area (Å²) in [4.78, 5) is 49.3. The highest BCUT2D eigenvalue weighted by molar-refractivity contribution is 5.90. The molecule has 4 aromatic rings. The van der Waals surface area contributed by atoms with E-state index in [-0.39, 0.29) is 31.0 Å². The van der Waals surface area contributed by atoms with E-state index in [1.54, 1.807) is 36.4 Å². The van der Waals surface area contributed by atoms with Crippen LogP contribution in [0.25, 0.3) is 11.2 Å². The van der Waals surface area contributed by atoms with Gasteiger partial charge in [-0.25, -0.2) is 19.6 Å². The van der Waals surface area contributed by atoms with Crippen LogP contribution in [0.3, 0.4) is 0 Å². The van der Waals surface area contributed by atoms with Crippen molar-refractivity contribution < 1.29 is 33.3 Å². The summed E-state index contributed by atoms with van der Waals surface area (Å²) in [7, 11) is 1.54. The average Bonchev–Trinajstić information content (AvgIpc) is 3.55. The van der Waals surface area contributed by atoms with Crippen LogP contribution in [0.4, 0.5) is 0 Å². The fourth-order valence-corrected chi connectivity index (χ4v) is 4.51. The van der Waals surface area contributed by atoms with Gasteiger partial charge in [0.15, 0.2) is 23.5 Å². The number of aromatic amines is 1. The molecule has 1 aliphatic heterocycles. The van der Waals surface area contributed by atoms with Gasteiger partial charge in [0, 0.05) is 7.11 Å². The highest BCUT2D eigenvalue weighted by atomic mass is 16.6. The zero-order valence-electron chi connectivity index (χ0n) is 22.8. The Labute approximate surface area is 235 Å². The van der Waals surface area contributed by atoms with Crippen molar-refractivity contribution in [2.75, 3.05) is 26.9 Å². The number of imidazole rings is 1. The number of H-pyrrole nitrogens is 1. The first kappa shape index (κ1) is 28.1. The van der Waals surface area contributed by atoms with Gasteiger partial charge in [0.05, 0.1) is 37.0 Å². The second-order valence-corrected chi connectivity index (χ2v) is 9.65. The first-order chi connectivity index (χ1) is 19.9. The summed E-state index contributed by atoms with van der Waals surface area (Å²) < 4.78 is 30.7. The maximum absolute atomic E-state index is 13.2. The Kier molecular flexibility index (Phi) is 8.53. The van der Waals surface area contributed by atoms with Gasteiger partial charge < -0.3 is 28.7 Å². The van der Waals surface area contributed by atoms with E-state index in [2.05, 4.69) is 15.0 Å². The monoisotopic (exact) mass is 562 g/mol. The number of carbonyl (C=O) groups excluding carboxylic acids is 2. The van der Waals surface area contributed by atoms with Crippen molar-refractivity contribution in [1.29, 1.82) is 0 Å². The zero-order chi connectivity index (χ0) is 28.9. The molecule has 1 aliphatic rings. The lowest BCUT2D eigenvalue weighted by atomic mass is 10.1. The minimum Gasteiger partial charge on any atom is -0.459 e. The average molecular weight is 563 g/mol. The number of aromatic nitrogens is 4. The standard InChI is InChI=1S/C29H30N4O8/c1-17-4-8-19(9-5-17)28(35)39-14-21-23(41-29(36)20-10-6-18(2)7-11-20)24(38-13-12-37-3)27(40-21)33-16-32-22-25(33)30-15-31-26(22)34/h4-11,15-16,21,23-24,27H,12-14H2,1-3H3,(H,30,31,34)/t21-,23-,24-,27-/m1/s1. The van der Waals surface area contributed by atoms with Crippen LogP contribution in [0.2, 0.25) is 0 Å². The Morgan fingerprint density at radius 3 is 2.24 bits per heavy atom. The lowest BCUT2D eigenvalue weighted by Gasteiger charge is -2.25. The van der Waals surface area contributed by atoms with E-state index in [0.717, 1.165) is 11.1 Å². The molecule has 3 heterocycles. The van der Waals surface area contributed by atoms with Crippen LogP contribution < -0.4 is 5.56 Å². The van der Waals surface area contributed by atoms with Gasteiger partial charge in [-0.1, -0.05) is 35.4 Å². The predicted octanol–water partition coefficient (Wildman–Crippen LogP) is 2.75. The number of hydrogen-bond donors (Lipinski definition) is 1. The van der Waals surface area contributed by atoms with Gasteiger partial charge in [-0.3, -0.25) is 9.36 Å². The Bertz CT molecular complexity index is 1560. The normalized spacial score (nSPS) is 20.3. The second kappa shape index (κ2) is 12.4. The molecular formula is C29H30N4O8. The van der Waals surface area contributed by atoms with Crippen molar-refractivity contribution in [3.8, 4) is 0 Å². The molecule has 0 unspecified atom stereocenters. The Hall–Kier alpha value is -4.39. The van der Waals surface area contributed by atoms with E-state index >= 15 is 0 Å². The summed E-state index contributed by atoms with van der Waals surface area (Å²) in [5.41, 5.74) is 2.63. The first-order valence-corrected chi connectivity index (χ1v) is 13.0. The topological polar surface area (TPSA) is 144 Å². The lowest BCUT2D eigenvalue weighted by Crippen LogP contribution is -2.40. The Morgan fingerprint density at radius 2 is 1.59 bits per heavy atom. The van der Waals surface area contributed by atoms with Crippen LogP contribution in [0.1, 0.15) is 38.1 Å². The van der Waals surface area contributed by atoms with Gasteiger partial charge in [0.2, 0.25) is 0 Å². The third-order valence-electron chi connectivity index (χ3n) is 6.72. The number of rotatable bonds is 10. The van der Waals surface area contributed by atoms with Crippen LogP contribution in [0.5, 0.6) is 0 Å². The molecule has 1 N–H and O–H groups in total. The molecule has 0 bridgehead atoms. The van der Waals surface area contributed by atoms with Gasteiger partial charge in [-0.15, -0.1) is 0 Å². The predicted molar refractivity (Wildman–Crippen MR) is 146 cm³/mol. The van der Waals surface area contributed by atoms with Crippen LogP contribution >= 0.6 is 0 Å². The third-order valence-corrected chi connectivity index (χ3v) is 6.72. The largest absolute Gasteiger partial charge is 0.459 e. The fraction of sp³-hybridized carbons (Fsp3) is 0.345. The number of methoxy groups -OCH3 is 1. The molecule has 2 aromatic carbocycles. The van der Waals surface area contributed by atoms with Crippen molar-refractivity contribution in [2.24, 2.45) is 0 Å². The van der Waals surface area contributed by atoms with Gasteiger partial charge in [0.25, 0.3) is 5.56 Å². The summed E-state index contributed by atoms with van der Waals surface area (Å²) in [6, 6.07) is 13.9. The molecule has 5 rings (SSSR count). The number of aryl methyl sites for hydroxylation is 2. The molecule has 12 heteroatoms. The number of benzene rings is 2. The molecular weight excluding hydrogens is 532 g/mol. The fourth-order valence-electron chi connectivity index (χ4n) is 4.51. The number of fused-ring (bicyclic) bond motifs is 1. The lowest BCUT2D eigenvalue weighted by molar-refractivity contribution is -0.0805. The van der Waals surface area contributed by atoms with E-state index in [1.807, 2.05) is 26.0 Å². The van der Waals surface area contributed by atoms with E-state index < -0.39 is 42.0 Å². The number of nitrogens with one attached hydrogen (secondary N) is 1. The number of nitrogens with zero attached hydrogens (tertiary/aromatic N) is 3. The van der Waals surface area contributed by atoms with Crippen molar-refractivity contribution in [3.63, 3.8) is 0 Å². The van der Waals surface area contributed by atoms with Crippen molar-refractivity contribution >= 4 is 23.1 Å². The van der Waals surface area contributed by atoms with Gasteiger partial charge >= 0.3 is 11.9 Å². The maximum atomic E-state index is 13.2. The van der Waals surface area contributed by atoms with Gasteiger partial charge in [-0.05, 0) is 38.1 Å². The number of carbonyl (C=O) groups is 2. The van der Waals surface area contributed by atoms with Crippen molar-refractivity contribution in [1.82, 2.24) is 19.5 Å². The molecule has 4 atom stereocenters. The molecule has 1 saturated heterocycles. The minimum atomic E-state index is -1.00. The molecule has 41 heavy (non-hydrogen) atoms. The summed E-state index contributed by atoms with van der Waals surface area (Å²) in [6.07, 6.45) is -1.07. The SMILES string of the molecule is COCCO[C@@H]1[C@H](OC(=O)c2ccc(C)cc2)[C@@H](COC(=O)c2ccc(C)cc2)O[C@H]1n1cnc2c(=O)[nH]cnc21. The van der Waals surface area contributed by atoms with Crippen molar-refractivity contribution in [3.05, 3.63) is 93.8 Å². The quantitative estimate of drug-likeness (QED) is 0.226. The molecule has 214 valence electrons. The van der Waals surface area contributed by atoms with Gasteiger partial charge in [-0.2, -0.15) is 0 Å². The first-order valence-electron chi connectivity index (χ1n) is 13.0. The molecule has 0 spiro atoms. The highest BCUT2D eigenvalue weighted by Gasteiger charge is 2.50. The summed E-state index contributed by atoms with van der Waals surface area (Å²) in [5.74, 6) is -1.15. The van der Waals surface area contributed by atoms with E-state index in [1.165, 1.54) is 24.3 Å². The van der Waals surface area contributed by atoms with Gasteiger partial charge in [0.1, 0.15) is 18.8 Å². The van der Waals surface area contributed by atoms with Crippen molar-refractivity contribution in [2.45, 2.75) is 38.4 Å². The maximum Gasteiger partial charge on any atom is 0.338 e. The molecule has 0 radical (unpaired) electrons. The third kappa shape index (κ3) is 6.19. The van der Waals surface area contributed by atoms with E-state index in [9.17, 15) is 14.4 Å². The smallest absolute Gasteiger partial charge is 0.338 e. The van der Waals surface area contributed by atoms with Crippen LogP contribution in [0, 0.1) is 13.8 Å². The van der Waals surface area contributed by atoms with E-state index in [0.29, 0.717) is 11.1 Å². The number of esters is 2. The summed E-state index contributed by atoms with van der Waals surface area (Å²) in [5, 5.41) is 0. The van der Waals surface area contributed by atoms with E-state index in [4.69, 9.17) is 23.7 Å².